The third-order valence-corrected chi connectivity index (χ3v) is 5.97. The highest BCUT2D eigenvalue weighted by Crippen LogP contribution is 2.30. The molecule has 0 aliphatic carbocycles. The molecule has 33 heavy (non-hydrogen) atoms. The van der Waals surface area contributed by atoms with E-state index >= 15 is 0 Å². The predicted molar refractivity (Wildman–Crippen MR) is 132 cm³/mol. The maximum atomic E-state index is 14.3. The topological polar surface area (TPSA) is 58.8 Å². The van der Waals surface area contributed by atoms with Crippen molar-refractivity contribution in [1.29, 1.82) is 0 Å². The Kier molecular flexibility index (Phi) is 6.75. The van der Waals surface area contributed by atoms with E-state index < -0.39 is 5.82 Å². The molecule has 0 aromatic heterocycles. The zero-order valence-electron chi connectivity index (χ0n) is 18.9. The number of halogens is 1. The molecule has 0 atom stereocenters. The van der Waals surface area contributed by atoms with Crippen molar-refractivity contribution in [3.63, 3.8) is 0 Å². The molecule has 0 amide bonds. The lowest BCUT2D eigenvalue weighted by Gasteiger charge is -2.35. The quantitative estimate of drug-likeness (QED) is 0.338. The zero-order valence-corrected chi connectivity index (χ0v) is 18.9. The van der Waals surface area contributed by atoms with Crippen molar-refractivity contribution in [3.05, 3.63) is 83.7 Å². The Hall–Kier alpha value is -3.64. The molecule has 3 aromatic carbocycles. The van der Waals surface area contributed by atoms with E-state index in [1.807, 2.05) is 42.5 Å². The molecule has 3 aromatic rings. The molecule has 1 fully saturated rings. The Labute approximate surface area is 193 Å². The van der Waals surface area contributed by atoms with Crippen molar-refractivity contribution in [2.75, 3.05) is 51.0 Å². The molecule has 2 N–H and O–H groups in total. The second-order valence-electron chi connectivity index (χ2n) is 8.23. The molecular weight excluding hydrogens is 417 g/mol. The number of hydrogen-bond donors (Lipinski definition) is 1. The lowest BCUT2D eigenvalue weighted by atomic mass is 9.98. The van der Waals surface area contributed by atoms with Crippen LogP contribution in [0.5, 0.6) is 5.75 Å². The lowest BCUT2D eigenvalue weighted by molar-refractivity contribution is 0.104. The third-order valence-electron chi connectivity index (χ3n) is 5.97. The summed E-state index contributed by atoms with van der Waals surface area (Å²) in [6.45, 7) is 3.55. The minimum Gasteiger partial charge on any atom is -0.497 e. The van der Waals surface area contributed by atoms with Crippen LogP contribution in [-0.2, 0) is 0 Å². The number of nitrogen functional groups attached to an aromatic ring is 1. The summed E-state index contributed by atoms with van der Waals surface area (Å²) in [5.74, 6) is -0.172. The second kappa shape index (κ2) is 9.88. The summed E-state index contributed by atoms with van der Waals surface area (Å²) >= 11 is 0. The van der Waals surface area contributed by atoms with Gasteiger partial charge in [0.15, 0.2) is 5.78 Å². The number of methoxy groups -OCH3 is 1. The van der Waals surface area contributed by atoms with E-state index in [0.717, 1.165) is 43.0 Å². The number of rotatable bonds is 6. The Morgan fingerprint density at radius 1 is 0.970 bits per heavy atom. The van der Waals surface area contributed by atoms with Crippen molar-refractivity contribution in [1.82, 2.24) is 4.90 Å². The van der Waals surface area contributed by atoms with Gasteiger partial charge >= 0.3 is 0 Å². The van der Waals surface area contributed by atoms with E-state index in [2.05, 4.69) is 16.8 Å². The van der Waals surface area contributed by atoms with Gasteiger partial charge in [-0.15, -0.1) is 0 Å². The lowest BCUT2D eigenvalue weighted by Crippen LogP contribution is -2.45. The number of anilines is 2. The van der Waals surface area contributed by atoms with Crippen LogP contribution in [0.25, 0.3) is 17.2 Å². The van der Waals surface area contributed by atoms with Crippen molar-refractivity contribution >= 4 is 23.2 Å². The number of likely N-dealkylation sites (N-methyl/N-ethyl adjacent to an activating group) is 1. The third kappa shape index (κ3) is 5.23. The number of piperazine rings is 1. The highest BCUT2D eigenvalue weighted by molar-refractivity contribution is 6.11. The van der Waals surface area contributed by atoms with Crippen LogP contribution in [0.1, 0.15) is 15.9 Å². The van der Waals surface area contributed by atoms with Crippen LogP contribution in [0.3, 0.4) is 0 Å². The summed E-state index contributed by atoms with van der Waals surface area (Å²) in [5.41, 5.74) is 10.3. The molecule has 6 heteroatoms. The van der Waals surface area contributed by atoms with Gasteiger partial charge in [0.1, 0.15) is 11.6 Å². The number of nitrogens with two attached hydrogens (primary N) is 1. The first-order chi connectivity index (χ1) is 15.9. The van der Waals surface area contributed by atoms with Crippen LogP contribution in [0, 0.1) is 5.82 Å². The van der Waals surface area contributed by atoms with Crippen molar-refractivity contribution < 1.29 is 13.9 Å². The normalized spacial score (nSPS) is 14.6. The zero-order chi connectivity index (χ0) is 23.4. The van der Waals surface area contributed by atoms with Crippen LogP contribution in [0.4, 0.5) is 15.8 Å². The summed E-state index contributed by atoms with van der Waals surface area (Å²) < 4.78 is 19.4. The van der Waals surface area contributed by atoms with Crippen molar-refractivity contribution in [2.24, 2.45) is 0 Å². The van der Waals surface area contributed by atoms with Gasteiger partial charge in [-0.05, 0) is 66.7 Å². The van der Waals surface area contributed by atoms with Crippen molar-refractivity contribution in [3.8, 4) is 16.9 Å². The number of allylic oxidation sites excluding steroid dienone is 1. The van der Waals surface area contributed by atoms with Crippen LogP contribution >= 0.6 is 0 Å². The number of carbonyl (C=O) groups excluding carboxylic acids is 1. The number of benzene rings is 3. The largest absolute Gasteiger partial charge is 0.497 e. The molecule has 1 aliphatic rings. The van der Waals surface area contributed by atoms with E-state index in [4.69, 9.17) is 10.5 Å². The van der Waals surface area contributed by atoms with E-state index in [1.54, 1.807) is 12.1 Å². The Bertz CT molecular complexity index is 1170. The molecular formula is C27H28FN3O2. The smallest absolute Gasteiger partial charge is 0.187 e. The predicted octanol–water partition coefficient (Wildman–Crippen LogP) is 4.73. The fraction of sp³-hybridized carbons (Fsp3) is 0.222. The summed E-state index contributed by atoms with van der Waals surface area (Å²) in [6, 6.07) is 18.1. The van der Waals surface area contributed by atoms with Gasteiger partial charge in [-0.1, -0.05) is 18.2 Å². The maximum Gasteiger partial charge on any atom is 0.187 e. The first kappa shape index (κ1) is 22.6. The Morgan fingerprint density at radius 2 is 1.67 bits per heavy atom. The number of hydrogen-bond acceptors (Lipinski definition) is 5. The van der Waals surface area contributed by atoms with Crippen LogP contribution in [0.2, 0.25) is 0 Å². The highest BCUT2D eigenvalue weighted by Gasteiger charge is 2.20. The summed E-state index contributed by atoms with van der Waals surface area (Å²) in [6.07, 6.45) is 2.95. The van der Waals surface area contributed by atoms with Gasteiger partial charge in [0.2, 0.25) is 0 Å². The molecule has 0 unspecified atom stereocenters. The SMILES string of the molecule is COc1ccc(C=CC(=O)c2cc(-c3ccc(N)cc3)ccc2N2CCN(C)CC2)c(F)c1. The van der Waals surface area contributed by atoms with Crippen molar-refractivity contribution in [2.45, 2.75) is 0 Å². The van der Waals surface area contributed by atoms with Gasteiger partial charge in [0.25, 0.3) is 0 Å². The average molecular weight is 446 g/mol. The summed E-state index contributed by atoms with van der Waals surface area (Å²) in [4.78, 5) is 17.8. The molecule has 0 bridgehead atoms. The number of ketones is 1. The maximum absolute atomic E-state index is 14.3. The molecule has 0 radical (unpaired) electrons. The summed E-state index contributed by atoms with van der Waals surface area (Å²) in [5, 5.41) is 0. The summed E-state index contributed by atoms with van der Waals surface area (Å²) in [7, 11) is 3.58. The van der Waals surface area contributed by atoms with Crippen LogP contribution in [-0.4, -0.2) is 51.0 Å². The molecule has 170 valence electrons. The number of carbonyl (C=O) groups is 1. The van der Waals surface area contributed by atoms with Gasteiger partial charge in [-0.25, -0.2) is 4.39 Å². The molecule has 5 nitrogen and oxygen atoms in total. The van der Waals surface area contributed by atoms with Gasteiger partial charge in [-0.3, -0.25) is 4.79 Å². The van der Waals surface area contributed by atoms with E-state index in [9.17, 15) is 9.18 Å². The van der Waals surface area contributed by atoms with Gasteiger partial charge in [-0.2, -0.15) is 0 Å². The number of nitrogens with zero attached hydrogens (tertiary/aromatic N) is 2. The Morgan fingerprint density at radius 3 is 2.33 bits per heavy atom. The number of ether oxygens (including phenoxy) is 1. The van der Waals surface area contributed by atoms with Gasteiger partial charge in [0, 0.05) is 54.7 Å². The molecule has 1 aliphatic heterocycles. The molecule has 1 saturated heterocycles. The van der Waals surface area contributed by atoms with E-state index in [-0.39, 0.29) is 5.78 Å². The fourth-order valence-electron chi connectivity index (χ4n) is 3.94. The van der Waals surface area contributed by atoms with E-state index in [1.165, 1.54) is 25.3 Å². The monoisotopic (exact) mass is 445 g/mol. The Balaban J connectivity index is 1.69. The standard InChI is InChI=1S/C27H28FN3O2/c1-30-13-15-31(16-14-30)26-11-6-21(19-3-8-22(29)9-4-19)17-24(26)27(32)12-7-20-5-10-23(33-2)18-25(20)28/h3-12,17-18H,13-16,29H2,1-2H3. The minimum absolute atomic E-state index is 0.170. The first-order valence-corrected chi connectivity index (χ1v) is 10.9. The molecule has 0 spiro atoms. The van der Waals surface area contributed by atoms with Gasteiger partial charge in [0.05, 0.1) is 7.11 Å². The molecule has 0 saturated carbocycles. The minimum atomic E-state index is -0.437. The second-order valence-corrected chi connectivity index (χ2v) is 8.23. The molecule has 1 heterocycles. The van der Waals surface area contributed by atoms with Crippen LogP contribution < -0.4 is 15.4 Å². The van der Waals surface area contributed by atoms with E-state index in [0.29, 0.717) is 22.6 Å². The fourth-order valence-corrected chi connectivity index (χ4v) is 3.94. The first-order valence-electron chi connectivity index (χ1n) is 10.9. The average Bonchev–Trinajstić information content (AvgIpc) is 2.83. The van der Waals surface area contributed by atoms with Gasteiger partial charge < -0.3 is 20.3 Å². The van der Waals surface area contributed by atoms with Crippen LogP contribution in [0.15, 0.2) is 66.7 Å². The highest BCUT2D eigenvalue weighted by atomic mass is 19.1. The molecule has 4 rings (SSSR count).